The van der Waals surface area contributed by atoms with Gasteiger partial charge in [0.2, 0.25) is 10.0 Å². The summed E-state index contributed by atoms with van der Waals surface area (Å²) in [6.45, 7) is 2.81. The molecule has 0 aliphatic heterocycles. The summed E-state index contributed by atoms with van der Waals surface area (Å²) in [5.41, 5.74) is 0.592. The van der Waals surface area contributed by atoms with Gasteiger partial charge >= 0.3 is 5.97 Å². The Morgan fingerprint density at radius 2 is 1.61 bits per heavy atom. The molecule has 0 saturated carbocycles. The number of fused-ring (bicyclic) bond motifs is 1. The third-order valence-corrected chi connectivity index (χ3v) is 6.44. The Bertz CT molecular complexity index is 1230. The van der Waals surface area contributed by atoms with Crippen LogP contribution in [0.15, 0.2) is 71.6 Å². The van der Waals surface area contributed by atoms with Crippen molar-refractivity contribution in [1.82, 2.24) is 4.72 Å². The van der Waals surface area contributed by atoms with Crippen molar-refractivity contribution >= 4 is 38.4 Å². The van der Waals surface area contributed by atoms with Crippen LogP contribution < -0.4 is 14.8 Å². The van der Waals surface area contributed by atoms with Gasteiger partial charge in [-0.2, -0.15) is 4.72 Å². The van der Waals surface area contributed by atoms with Crippen molar-refractivity contribution in [1.29, 1.82) is 0 Å². The van der Waals surface area contributed by atoms with E-state index in [1.807, 2.05) is 36.4 Å². The first kappa shape index (κ1) is 24.2. The van der Waals surface area contributed by atoms with Crippen LogP contribution in [0.25, 0.3) is 10.8 Å². The normalized spacial score (nSPS) is 12.4. The molecule has 3 aromatic rings. The van der Waals surface area contributed by atoms with E-state index in [2.05, 4.69) is 10.0 Å². The Morgan fingerprint density at radius 1 is 0.939 bits per heavy atom. The monoisotopic (exact) mass is 470 g/mol. The third-order valence-electron chi connectivity index (χ3n) is 4.98. The minimum Gasteiger partial charge on any atom is -0.497 e. The Balaban J connectivity index is 1.64. The van der Waals surface area contributed by atoms with Crippen molar-refractivity contribution in [3.63, 3.8) is 0 Å². The number of ether oxygens (including phenoxy) is 2. The van der Waals surface area contributed by atoms with E-state index in [-0.39, 0.29) is 4.90 Å². The van der Waals surface area contributed by atoms with Crippen molar-refractivity contribution in [2.45, 2.75) is 24.8 Å². The van der Waals surface area contributed by atoms with Crippen molar-refractivity contribution in [2.75, 3.05) is 19.0 Å². The van der Waals surface area contributed by atoms with E-state index in [1.165, 1.54) is 31.4 Å². The fraction of sp³-hybridized carbons (Fsp3) is 0.250. The molecule has 1 amide bonds. The molecule has 1 unspecified atom stereocenters. The molecule has 0 radical (unpaired) electrons. The van der Waals surface area contributed by atoms with E-state index >= 15 is 0 Å². The maximum Gasteiger partial charge on any atom is 0.324 e. The number of nitrogens with one attached hydrogen (secondary N) is 2. The molecule has 0 saturated heterocycles. The average molecular weight is 471 g/mol. The van der Waals surface area contributed by atoms with Gasteiger partial charge < -0.3 is 14.8 Å². The second-order valence-electron chi connectivity index (χ2n) is 7.70. The zero-order valence-electron chi connectivity index (χ0n) is 18.6. The van der Waals surface area contributed by atoms with Gasteiger partial charge in [0, 0.05) is 11.1 Å². The molecule has 0 aliphatic rings. The minimum absolute atomic E-state index is 0.0181. The lowest BCUT2D eigenvalue weighted by atomic mass is 10.1. The van der Waals surface area contributed by atoms with Crippen molar-refractivity contribution < 1.29 is 27.5 Å². The number of anilines is 1. The van der Waals surface area contributed by atoms with E-state index in [0.717, 1.165) is 10.8 Å². The van der Waals surface area contributed by atoms with E-state index in [9.17, 15) is 18.0 Å². The first-order valence-electron chi connectivity index (χ1n) is 10.3. The molecule has 0 spiro atoms. The fourth-order valence-corrected chi connectivity index (χ4v) is 4.53. The van der Waals surface area contributed by atoms with E-state index < -0.39 is 40.5 Å². The quantitative estimate of drug-likeness (QED) is 0.464. The van der Waals surface area contributed by atoms with Gasteiger partial charge in [0.1, 0.15) is 11.8 Å². The number of benzene rings is 3. The number of methoxy groups -OCH3 is 1. The van der Waals surface area contributed by atoms with Gasteiger partial charge in [0.25, 0.3) is 5.91 Å². The van der Waals surface area contributed by atoms with Gasteiger partial charge in [0.15, 0.2) is 6.61 Å². The highest BCUT2D eigenvalue weighted by Crippen LogP contribution is 2.23. The Morgan fingerprint density at radius 3 is 2.27 bits per heavy atom. The highest BCUT2D eigenvalue weighted by atomic mass is 32.2. The van der Waals surface area contributed by atoms with Crippen molar-refractivity contribution in [3.05, 3.63) is 66.7 Å². The third kappa shape index (κ3) is 6.09. The lowest BCUT2D eigenvalue weighted by molar-refractivity contribution is -0.150. The molecule has 8 nitrogen and oxygen atoms in total. The zero-order chi connectivity index (χ0) is 24.0. The summed E-state index contributed by atoms with van der Waals surface area (Å²) < 4.78 is 38.0. The van der Waals surface area contributed by atoms with Gasteiger partial charge in [-0.05, 0) is 41.6 Å². The first-order valence-corrected chi connectivity index (χ1v) is 11.8. The molecule has 9 heteroatoms. The number of esters is 1. The van der Waals surface area contributed by atoms with Gasteiger partial charge in [-0.1, -0.05) is 50.2 Å². The fourth-order valence-electron chi connectivity index (χ4n) is 3.19. The number of carbonyl (C=O) groups excluding carboxylic acids is 2. The summed E-state index contributed by atoms with van der Waals surface area (Å²) in [7, 11) is -2.52. The molecule has 2 N–H and O–H groups in total. The summed E-state index contributed by atoms with van der Waals surface area (Å²) in [6.07, 6.45) is 0. The summed E-state index contributed by atoms with van der Waals surface area (Å²) in [4.78, 5) is 25.0. The molecule has 0 aliphatic carbocycles. The number of carbonyl (C=O) groups is 2. The molecule has 3 rings (SSSR count). The van der Waals surface area contributed by atoms with Gasteiger partial charge in [-0.3, -0.25) is 9.59 Å². The maximum atomic E-state index is 12.7. The Kier molecular flexibility index (Phi) is 7.67. The highest BCUT2D eigenvalue weighted by Gasteiger charge is 2.30. The maximum absolute atomic E-state index is 12.7. The molecule has 174 valence electrons. The van der Waals surface area contributed by atoms with Crippen LogP contribution in [0.3, 0.4) is 0 Å². The number of sulfonamides is 1. The summed E-state index contributed by atoms with van der Waals surface area (Å²) in [5.74, 6) is -1.27. The largest absolute Gasteiger partial charge is 0.497 e. The summed E-state index contributed by atoms with van der Waals surface area (Å²) >= 11 is 0. The van der Waals surface area contributed by atoms with Crippen LogP contribution in [0.2, 0.25) is 0 Å². The second-order valence-corrected chi connectivity index (χ2v) is 9.42. The summed E-state index contributed by atoms with van der Waals surface area (Å²) in [5, 5.41) is 4.54. The molecule has 0 aromatic heterocycles. The highest BCUT2D eigenvalue weighted by molar-refractivity contribution is 7.89. The smallest absolute Gasteiger partial charge is 0.324 e. The molecule has 0 fully saturated rings. The standard InChI is InChI=1S/C24H26N2O6S/c1-16(2)23(26-33(29,30)19-13-11-18(31-3)12-14-19)24(28)32-15-22(27)25-21-10-6-8-17-7-4-5-9-20(17)21/h4-14,16,23,26H,15H2,1-3H3,(H,25,27). The topological polar surface area (TPSA) is 111 Å². The molecule has 33 heavy (non-hydrogen) atoms. The van der Waals surface area contributed by atoms with Crippen LogP contribution in [0.4, 0.5) is 5.69 Å². The molecular weight excluding hydrogens is 444 g/mol. The van der Waals surface area contributed by atoms with Gasteiger partial charge in [0.05, 0.1) is 12.0 Å². The lowest BCUT2D eigenvalue weighted by Crippen LogP contribution is -2.45. The predicted molar refractivity (Wildman–Crippen MR) is 125 cm³/mol. The van der Waals surface area contributed by atoms with Crippen LogP contribution in [-0.4, -0.2) is 40.1 Å². The number of rotatable bonds is 9. The van der Waals surface area contributed by atoms with Crippen LogP contribution >= 0.6 is 0 Å². The lowest BCUT2D eigenvalue weighted by Gasteiger charge is -2.21. The Hall–Kier alpha value is -3.43. The summed E-state index contributed by atoms with van der Waals surface area (Å²) in [6, 6.07) is 17.7. The van der Waals surface area contributed by atoms with E-state index in [1.54, 1.807) is 19.9 Å². The van der Waals surface area contributed by atoms with Crippen LogP contribution in [0, 0.1) is 5.92 Å². The first-order chi connectivity index (χ1) is 15.7. The molecule has 3 aromatic carbocycles. The Labute approximate surface area is 193 Å². The van der Waals surface area contributed by atoms with Gasteiger partial charge in [-0.25, -0.2) is 8.42 Å². The van der Waals surface area contributed by atoms with Crippen molar-refractivity contribution in [2.24, 2.45) is 5.92 Å². The van der Waals surface area contributed by atoms with E-state index in [4.69, 9.17) is 9.47 Å². The number of hydrogen-bond acceptors (Lipinski definition) is 6. The van der Waals surface area contributed by atoms with Crippen LogP contribution in [0.5, 0.6) is 5.75 Å². The second kappa shape index (κ2) is 10.5. The van der Waals surface area contributed by atoms with E-state index in [0.29, 0.717) is 11.4 Å². The molecule has 0 heterocycles. The van der Waals surface area contributed by atoms with Crippen molar-refractivity contribution in [3.8, 4) is 5.75 Å². The number of amides is 1. The predicted octanol–water partition coefficient (Wildman–Crippen LogP) is 3.33. The minimum atomic E-state index is -3.99. The number of hydrogen-bond donors (Lipinski definition) is 2. The molecule has 0 bridgehead atoms. The SMILES string of the molecule is COc1ccc(S(=O)(=O)NC(C(=O)OCC(=O)Nc2cccc3ccccc23)C(C)C)cc1. The average Bonchev–Trinajstić information content (AvgIpc) is 2.81. The van der Waals surface area contributed by atoms with Crippen LogP contribution in [-0.2, 0) is 24.3 Å². The molecular formula is C24H26N2O6S. The van der Waals surface area contributed by atoms with Crippen LogP contribution in [0.1, 0.15) is 13.8 Å². The van der Waals surface area contributed by atoms with Gasteiger partial charge in [-0.15, -0.1) is 0 Å². The molecule has 1 atom stereocenters. The zero-order valence-corrected chi connectivity index (χ0v) is 19.4.